The molecule has 0 saturated carbocycles. The van der Waals surface area contributed by atoms with Gasteiger partial charge in [0.25, 0.3) is 17.0 Å². The number of hydrogen-bond donors (Lipinski definition) is 1. The molecule has 2 heterocycles. The third-order valence-corrected chi connectivity index (χ3v) is 6.22. The number of anilines is 1. The van der Waals surface area contributed by atoms with Crippen LogP contribution in [0.1, 0.15) is 20.7 Å². The summed E-state index contributed by atoms with van der Waals surface area (Å²) in [5, 5.41) is 3.14. The fourth-order valence-electron chi connectivity index (χ4n) is 3.70. The van der Waals surface area contributed by atoms with Crippen LogP contribution < -0.4 is 5.32 Å². The molecule has 0 fully saturated rings. The van der Waals surface area contributed by atoms with E-state index in [4.69, 9.17) is 4.42 Å². The summed E-state index contributed by atoms with van der Waals surface area (Å²) in [6.07, 6.45) is 0. The molecule has 1 aliphatic rings. The van der Waals surface area contributed by atoms with Gasteiger partial charge in [0.05, 0.1) is 16.9 Å². The SMILES string of the molecule is CN1C(=O)c2ccc(NC(=O)CSc3nc(-c4ccccc4)c(-c4ccccc4)o3)cc2C1=O. The van der Waals surface area contributed by atoms with Crippen LogP contribution in [0.5, 0.6) is 0 Å². The van der Waals surface area contributed by atoms with Gasteiger partial charge in [0.1, 0.15) is 5.69 Å². The van der Waals surface area contributed by atoms with Gasteiger partial charge in [-0.05, 0) is 18.2 Å². The number of aromatic nitrogens is 1. The lowest BCUT2D eigenvalue weighted by Crippen LogP contribution is -2.24. The smallest absolute Gasteiger partial charge is 0.261 e. The van der Waals surface area contributed by atoms with Crippen molar-refractivity contribution >= 4 is 35.2 Å². The van der Waals surface area contributed by atoms with Crippen molar-refractivity contribution in [3.05, 3.63) is 90.0 Å². The quantitative estimate of drug-likeness (QED) is 0.317. The van der Waals surface area contributed by atoms with E-state index in [1.54, 1.807) is 12.1 Å². The second kappa shape index (κ2) is 8.99. The second-order valence-corrected chi connectivity index (χ2v) is 8.58. The van der Waals surface area contributed by atoms with E-state index >= 15 is 0 Å². The van der Waals surface area contributed by atoms with Gasteiger partial charge < -0.3 is 9.73 Å². The molecule has 168 valence electrons. The van der Waals surface area contributed by atoms with Crippen molar-refractivity contribution in [2.75, 3.05) is 18.1 Å². The summed E-state index contributed by atoms with van der Waals surface area (Å²) in [7, 11) is 1.43. The van der Waals surface area contributed by atoms with Crippen LogP contribution in [-0.2, 0) is 4.79 Å². The zero-order chi connectivity index (χ0) is 23.7. The number of amides is 3. The Kier molecular flexibility index (Phi) is 5.73. The topological polar surface area (TPSA) is 92.5 Å². The standard InChI is InChI=1S/C26H19N3O4S/c1-29-24(31)19-13-12-18(14-20(19)25(29)32)27-21(30)15-34-26-28-22(16-8-4-2-5-9-16)23(33-26)17-10-6-3-7-11-17/h2-14H,15H2,1H3,(H,27,30). The van der Waals surface area contributed by atoms with E-state index in [9.17, 15) is 14.4 Å². The van der Waals surface area contributed by atoms with Crippen LogP contribution in [0.4, 0.5) is 5.69 Å². The highest BCUT2D eigenvalue weighted by molar-refractivity contribution is 7.99. The van der Waals surface area contributed by atoms with Crippen LogP contribution in [0, 0.1) is 0 Å². The lowest BCUT2D eigenvalue weighted by atomic mass is 10.1. The van der Waals surface area contributed by atoms with Gasteiger partial charge in [-0.15, -0.1) is 0 Å². The molecule has 0 unspecified atom stereocenters. The summed E-state index contributed by atoms with van der Waals surface area (Å²) < 4.78 is 6.04. The first-order chi connectivity index (χ1) is 16.5. The average Bonchev–Trinajstić information content (AvgIpc) is 3.39. The maximum Gasteiger partial charge on any atom is 0.261 e. The normalized spacial score (nSPS) is 12.7. The van der Waals surface area contributed by atoms with Crippen LogP contribution in [0.3, 0.4) is 0 Å². The summed E-state index contributed by atoms with van der Waals surface area (Å²) in [5.41, 5.74) is 3.59. The van der Waals surface area contributed by atoms with Gasteiger partial charge in [0.2, 0.25) is 5.91 Å². The van der Waals surface area contributed by atoms with Crippen molar-refractivity contribution in [3.63, 3.8) is 0 Å². The van der Waals surface area contributed by atoms with E-state index in [2.05, 4.69) is 10.3 Å². The molecule has 0 radical (unpaired) electrons. The number of rotatable bonds is 6. The Labute approximate surface area is 199 Å². The summed E-state index contributed by atoms with van der Waals surface area (Å²) in [6, 6.07) is 24.1. The minimum atomic E-state index is -0.382. The van der Waals surface area contributed by atoms with Crippen LogP contribution in [0.25, 0.3) is 22.6 Å². The van der Waals surface area contributed by atoms with Crippen molar-refractivity contribution in [3.8, 4) is 22.6 Å². The zero-order valence-electron chi connectivity index (χ0n) is 18.1. The zero-order valence-corrected chi connectivity index (χ0v) is 19.0. The Hall–Kier alpha value is -4.17. The molecule has 3 amide bonds. The van der Waals surface area contributed by atoms with Gasteiger partial charge in [0.15, 0.2) is 5.76 Å². The van der Waals surface area contributed by atoms with Gasteiger partial charge in [-0.2, -0.15) is 0 Å². The van der Waals surface area contributed by atoms with E-state index < -0.39 is 0 Å². The third-order valence-electron chi connectivity index (χ3n) is 5.39. The number of carbonyl (C=O) groups is 3. The molecule has 1 N–H and O–H groups in total. The molecule has 1 aliphatic heterocycles. The van der Waals surface area contributed by atoms with E-state index in [0.717, 1.165) is 16.0 Å². The van der Waals surface area contributed by atoms with Crippen molar-refractivity contribution in [1.29, 1.82) is 0 Å². The molecule has 5 rings (SSSR count). The molecule has 8 heteroatoms. The number of benzene rings is 3. The van der Waals surface area contributed by atoms with E-state index in [0.29, 0.717) is 27.9 Å². The minimum absolute atomic E-state index is 0.0623. The van der Waals surface area contributed by atoms with E-state index in [1.165, 1.54) is 24.9 Å². The van der Waals surface area contributed by atoms with Crippen molar-refractivity contribution < 1.29 is 18.8 Å². The monoisotopic (exact) mass is 469 g/mol. The van der Waals surface area contributed by atoms with Gasteiger partial charge >= 0.3 is 0 Å². The van der Waals surface area contributed by atoms with Crippen molar-refractivity contribution in [2.45, 2.75) is 5.22 Å². The van der Waals surface area contributed by atoms with Crippen LogP contribution in [0.15, 0.2) is 88.5 Å². The second-order valence-electron chi connectivity index (χ2n) is 7.66. The molecule has 1 aromatic heterocycles. The first kappa shape index (κ1) is 21.7. The molecule has 0 aliphatic carbocycles. The minimum Gasteiger partial charge on any atom is -0.431 e. The van der Waals surface area contributed by atoms with Crippen LogP contribution >= 0.6 is 11.8 Å². The number of oxazole rings is 1. The summed E-state index contributed by atoms with van der Waals surface area (Å²) in [5.74, 6) is -0.309. The van der Waals surface area contributed by atoms with Gasteiger partial charge in [-0.25, -0.2) is 4.98 Å². The fourth-order valence-corrected chi connectivity index (χ4v) is 4.33. The summed E-state index contributed by atoms with van der Waals surface area (Å²) >= 11 is 1.18. The Bertz CT molecular complexity index is 1340. The number of imide groups is 1. The highest BCUT2D eigenvalue weighted by atomic mass is 32.2. The Balaban J connectivity index is 1.32. The molecule has 0 saturated heterocycles. The Morgan fingerprint density at radius 1 is 0.912 bits per heavy atom. The highest BCUT2D eigenvalue weighted by Gasteiger charge is 2.32. The lowest BCUT2D eigenvalue weighted by molar-refractivity contribution is -0.113. The summed E-state index contributed by atoms with van der Waals surface area (Å²) in [4.78, 5) is 42.5. The van der Waals surface area contributed by atoms with E-state index in [1.807, 2.05) is 60.7 Å². The number of thioether (sulfide) groups is 1. The fraction of sp³-hybridized carbons (Fsp3) is 0.0769. The maximum absolute atomic E-state index is 12.6. The number of carbonyl (C=O) groups excluding carboxylic acids is 3. The highest BCUT2D eigenvalue weighted by Crippen LogP contribution is 2.35. The molecule has 7 nitrogen and oxygen atoms in total. The van der Waals surface area contributed by atoms with Crippen molar-refractivity contribution in [1.82, 2.24) is 9.88 Å². The number of hydrogen-bond acceptors (Lipinski definition) is 6. The summed E-state index contributed by atoms with van der Waals surface area (Å²) in [6.45, 7) is 0. The molecule has 0 atom stereocenters. The molecule has 3 aromatic carbocycles. The van der Waals surface area contributed by atoms with Gasteiger partial charge in [0, 0.05) is 23.9 Å². The Morgan fingerprint density at radius 2 is 1.56 bits per heavy atom. The largest absolute Gasteiger partial charge is 0.431 e. The van der Waals surface area contributed by atoms with Crippen LogP contribution in [-0.4, -0.2) is 40.4 Å². The molecule has 0 bridgehead atoms. The maximum atomic E-state index is 12.6. The predicted octanol–water partition coefficient (Wildman–Crippen LogP) is 4.97. The average molecular weight is 470 g/mol. The molecular weight excluding hydrogens is 450 g/mol. The predicted molar refractivity (Wildman–Crippen MR) is 130 cm³/mol. The van der Waals surface area contributed by atoms with Gasteiger partial charge in [-0.3, -0.25) is 19.3 Å². The first-order valence-electron chi connectivity index (χ1n) is 10.5. The molecule has 0 spiro atoms. The van der Waals surface area contributed by atoms with Gasteiger partial charge in [-0.1, -0.05) is 72.4 Å². The molecule has 34 heavy (non-hydrogen) atoms. The van der Waals surface area contributed by atoms with Crippen LogP contribution in [0.2, 0.25) is 0 Å². The number of nitrogens with one attached hydrogen (secondary N) is 1. The number of fused-ring (bicyclic) bond motifs is 1. The van der Waals surface area contributed by atoms with E-state index in [-0.39, 0.29) is 29.0 Å². The first-order valence-corrected chi connectivity index (χ1v) is 11.5. The lowest BCUT2D eigenvalue weighted by Gasteiger charge is -2.05. The Morgan fingerprint density at radius 3 is 2.26 bits per heavy atom. The number of nitrogens with zero attached hydrogens (tertiary/aromatic N) is 2. The third kappa shape index (κ3) is 4.11. The molecule has 4 aromatic rings. The molecular formula is C26H19N3O4S. The van der Waals surface area contributed by atoms with Crippen molar-refractivity contribution in [2.24, 2.45) is 0 Å².